The van der Waals surface area contributed by atoms with Gasteiger partial charge in [-0.15, -0.1) is 0 Å². The summed E-state index contributed by atoms with van der Waals surface area (Å²) in [5, 5.41) is 0. The zero-order valence-corrected chi connectivity index (χ0v) is 17.5. The summed E-state index contributed by atoms with van der Waals surface area (Å²) in [5.74, 6) is 7.18. The number of rotatable bonds is 6. The first-order valence-corrected chi connectivity index (χ1v) is 10.1. The Kier molecular flexibility index (Phi) is 7.31. The third-order valence-corrected chi connectivity index (χ3v) is 5.00. The Morgan fingerprint density at radius 2 is 1.45 bits per heavy atom. The molecule has 0 heterocycles. The number of hydrogen-bond acceptors (Lipinski definition) is 1. The van der Waals surface area contributed by atoms with Crippen molar-refractivity contribution in [1.82, 2.24) is 0 Å². The molecule has 0 unspecified atom stereocenters. The normalized spacial score (nSPS) is 10.8. The first-order chi connectivity index (χ1) is 14.2. The predicted molar refractivity (Wildman–Crippen MR) is 123 cm³/mol. The third-order valence-electron chi connectivity index (χ3n) is 5.00. The Morgan fingerprint density at radius 3 is 2.07 bits per heavy atom. The molecule has 0 bridgehead atoms. The molecule has 1 heteroatoms. The van der Waals surface area contributed by atoms with Crippen LogP contribution in [0, 0.1) is 11.8 Å². The minimum absolute atomic E-state index is 0.558. The van der Waals surface area contributed by atoms with Crippen molar-refractivity contribution in [3.63, 3.8) is 0 Å². The van der Waals surface area contributed by atoms with E-state index in [4.69, 9.17) is 4.74 Å². The van der Waals surface area contributed by atoms with Crippen LogP contribution >= 0.6 is 0 Å². The average Bonchev–Trinajstić information content (AvgIpc) is 2.75. The maximum atomic E-state index is 4.99. The van der Waals surface area contributed by atoms with Crippen LogP contribution < -0.4 is 0 Å². The minimum Gasteiger partial charge on any atom is -0.505 e. The summed E-state index contributed by atoms with van der Waals surface area (Å²) >= 11 is 0. The van der Waals surface area contributed by atoms with Gasteiger partial charge in [-0.1, -0.05) is 86.4 Å². The van der Waals surface area contributed by atoms with Crippen molar-refractivity contribution >= 4 is 0 Å². The van der Waals surface area contributed by atoms with Gasteiger partial charge in [-0.25, -0.2) is 0 Å². The van der Waals surface area contributed by atoms with Crippen molar-refractivity contribution < 1.29 is 4.74 Å². The van der Waals surface area contributed by atoms with Gasteiger partial charge in [-0.2, -0.15) is 0 Å². The lowest BCUT2D eigenvalue weighted by molar-refractivity contribution is 0.337. The highest BCUT2D eigenvalue weighted by molar-refractivity contribution is 5.64. The number of methoxy groups -OCH3 is 1. The summed E-state index contributed by atoms with van der Waals surface area (Å²) in [6.07, 6.45) is 5.35. The van der Waals surface area contributed by atoms with E-state index in [1.807, 2.05) is 6.08 Å². The summed E-state index contributed by atoms with van der Waals surface area (Å²) in [5.41, 5.74) is 7.43. The van der Waals surface area contributed by atoms with Gasteiger partial charge < -0.3 is 4.74 Å². The van der Waals surface area contributed by atoms with Crippen LogP contribution in [0.25, 0.3) is 11.1 Å². The molecule has 0 aromatic heterocycles. The first kappa shape index (κ1) is 20.5. The summed E-state index contributed by atoms with van der Waals surface area (Å²) in [7, 11) is 1.67. The van der Waals surface area contributed by atoms with Crippen LogP contribution in [0.1, 0.15) is 42.0 Å². The van der Waals surface area contributed by atoms with Crippen molar-refractivity contribution in [3.8, 4) is 23.0 Å². The minimum atomic E-state index is 0.558. The summed E-state index contributed by atoms with van der Waals surface area (Å²) in [6, 6.07) is 25.8. The highest BCUT2D eigenvalue weighted by Crippen LogP contribution is 2.23. The molecule has 0 saturated carbocycles. The van der Waals surface area contributed by atoms with Crippen LogP contribution in [0.3, 0.4) is 0 Å². The fourth-order valence-corrected chi connectivity index (χ4v) is 3.25. The number of hydrogen-bond donors (Lipinski definition) is 0. The van der Waals surface area contributed by atoms with E-state index in [0.29, 0.717) is 5.92 Å². The van der Waals surface area contributed by atoms with Gasteiger partial charge in [0, 0.05) is 12.0 Å². The van der Waals surface area contributed by atoms with Crippen molar-refractivity contribution in [2.75, 3.05) is 7.11 Å². The molecule has 29 heavy (non-hydrogen) atoms. The standard InChI is InChI=1S/C28H28O/c1-22(2)24-17-19-28(20-18-24)27-15-13-23(14-16-27)8-6-11-25-9-4-5-10-26(25)12-7-21-29-3/h4-5,7,9-10,13-22H,11-12H2,1-3H3/b21-7+. The Hall–Kier alpha value is -3.24. The van der Waals surface area contributed by atoms with Crippen molar-refractivity contribution in [3.05, 3.63) is 107 Å². The molecule has 0 radical (unpaired) electrons. The maximum absolute atomic E-state index is 4.99. The molecule has 0 N–H and O–H groups in total. The zero-order chi connectivity index (χ0) is 20.5. The molecular weight excluding hydrogens is 352 g/mol. The maximum Gasteiger partial charge on any atom is 0.0788 e. The molecule has 0 spiro atoms. The molecule has 1 nitrogen and oxygen atoms in total. The van der Waals surface area contributed by atoms with Gasteiger partial charge in [0.1, 0.15) is 0 Å². The number of allylic oxidation sites excluding steroid dienone is 1. The molecule has 3 aromatic carbocycles. The Bertz CT molecular complexity index is 997. The fraction of sp³-hybridized carbons (Fsp3) is 0.214. The predicted octanol–water partition coefficient (Wildman–Crippen LogP) is 6.77. The largest absolute Gasteiger partial charge is 0.505 e. The molecule has 0 amide bonds. The van der Waals surface area contributed by atoms with Crippen LogP contribution in [-0.4, -0.2) is 7.11 Å². The highest BCUT2D eigenvalue weighted by Gasteiger charge is 2.01. The van der Waals surface area contributed by atoms with E-state index >= 15 is 0 Å². The Labute approximate surface area is 175 Å². The van der Waals surface area contributed by atoms with Crippen LogP contribution in [0.4, 0.5) is 0 Å². The van der Waals surface area contributed by atoms with Gasteiger partial charge >= 0.3 is 0 Å². The quantitative estimate of drug-likeness (QED) is 0.338. The molecule has 0 aliphatic rings. The average molecular weight is 381 g/mol. The van der Waals surface area contributed by atoms with E-state index in [9.17, 15) is 0 Å². The second-order valence-corrected chi connectivity index (χ2v) is 7.41. The van der Waals surface area contributed by atoms with E-state index in [1.165, 1.54) is 27.8 Å². The monoisotopic (exact) mass is 380 g/mol. The molecule has 3 rings (SSSR count). The Morgan fingerprint density at radius 1 is 0.828 bits per heavy atom. The smallest absolute Gasteiger partial charge is 0.0788 e. The second-order valence-electron chi connectivity index (χ2n) is 7.41. The molecule has 3 aromatic rings. The molecule has 146 valence electrons. The lowest BCUT2D eigenvalue weighted by atomic mass is 9.98. The van der Waals surface area contributed by atoms with Crippen molar-refractivity contribution in [2.24, 2.45) is 0 Å². The first-order valence-electron chi connectivity index (χ1n) is 10.1. The zero-order valence-electron chi connectivity index (χ0n) is 17.5. The molecular formula is C28H28O. The van der Waals surface area contributed by atoms with Crippen LogP contribution in [-0.2, 0) is 17.6 Å². The Balaban J connectivity index is 1.67. The van der Waals surface area contributed by atoms with Gasteiger partial charge in [0.25, 0.3) is 0 Å². The summed E-state index contributed by atoms with van der Waals surface area (Å²) in [6.45, 7) is 4.44. The van der Waals surface area contributed by atoms with Gasteiger partial charge in [-0.3, -0.25) is 0 Å². The van der Waals surface area contributed by atoms with E-state index in [1.54, 1.807) is 13.4 Å². The van der Waals surface area contributed by atoms with Crippen LogP contribution in [0.15, 0.2) is 85.1 Å². The lowest BCUT2D eigenvalue weighted by Gasteiger charge is -2.07. The topological polar surface area (TPSA) is 9.23 Å². The van der Waals surface area contributed by atoms with Crippen LogP contribution in [0.5, 0.6) is 0 Å². The van der Waals surface area contributed by atoms with E-state index in [2.05, 4.69) is 98.5 Å². The SMILES string of the molecule is CO/C=C/Cc1ccccc1CC#Cc1ccc(-c2ccc(C(C)C)cc2)cc1. The van der Waals surface area contributed by atoms with E-state index in [-0.39, 0.29) is 0 Å². The number of ether oxygens (including phenoxy) is 1. The number of benzene rings is 3. The van der Waals surface area contributed by atoms with Gasteiger partial charge in [-0.05, 0) is 58.4 Å². The van der Waals surface area contributed by atoms with E-state index in [0.717, 1.165) is 18.4 Å². The molecule has 0 fully saturated rings. The molecule has 0 aliphatic heterocycles. The molecule has 0 aliphatic carbocycles. The fourth-order valence-electron chi connectivity index (χ4n) is 3.25. The van der Waals surface area contributed by atoms with Gasteiger partial charge in [0.2, 0.25) is 0 Å². The van der Waals surface area contributed by atoms with Crippen LogP contribution in [0.2, 0.25) is 0 Å². The lowest BCUT2D eigenvalue weighted by Crippen LogP contribution is -1.91. The second kappa shape index (κ2) is 10.3. The highest BCUT2D eigenvalue weighted by atomic mass is 16.5. The molecule has 0 atom stereocenters. The van der Waals surface area contributed by atoms with E-state index < -0.39 is 0 Å². The van der Waals surface area contributed by atoms with Crippen molar-refractivity contribution in [1.29, 1.82) is 0 Å². The summed E-state index contributed by atoms with van der Waals surface area (Å²) < 4.78 is 4.99. The van der Waals surface area contributed by atoms with Gasteiger partial charge in [0.05, 0.1) is 13.4 Å². The van der Waals surface area contributed by atoms with Gasteiger partial charge in [0.15, 0.2) is 0 Å². The third kappa shape index (κ3) is 5.87. The molecule has 0 saturated heterocycles. The summed E-state index contributed by atoms with van der Waals surface area (Å²) in [4.78, 5) is 0. The van der Waals surface area contributed by atoms with Crippen molar-refractivity contribution in [2.45, 2.75) is 32.6 Å².